The smallest absolute Gasteiger partial charge is 0.342 e. The predicted molar refractivity (Wildman–Crippen MR) is 77.0 cm³/mol. The number of halogens is 1. The Balaban J connectivity index is 2.38. The van der Waals surface area contributed by atoms with Gasteiger partial charge >= 0.3 is 10.1 Å². The SMILES string of the molecule is COc1ccccc1S(=O)(=O)Oc1ccc(Cl)c(C)c1. The van der Waals surface area contributed by atoms with Gasteiger partial charge in [0.25, 0.3) is 0 Å². The molecule has 0 aliphatic carbocycles. The second-order valence-corrected chi connectivity index (χ2v) is 6.02. The Labute approximate surface area is 123 Å². The van der Waals surface area contributed by atoms with E-state index >= 15 is 0 Å². The van der Waals surface area contributed by atoms with Crippen LogP contribution in [0, 0.1) is 6.92 Å². The molecule has 0 fully saturated rings. The first-order chi connectivity index (χ1) is 9.44. The monoisotopic (exact) mass is 312 g/mol. The summed E-state index contributed by atoms with van der Waals surface area (Å²) in [4.78, 5) is -0.0184. The summed E-state index contributed by atoms with van der Waals surface area (Å²) < 4.78 is 34.6. The van der Waals surface area contributed by atoms with Crippen molar-refractivity contribution in [3.8, 4) is 11.5 Å². The van der Waals surface area contributed by atoms with Gasteiger partial charge in [-0.3, -0.25) is 0 Å². The molecule has 0 spiro atoms. The topological polar surface area (TPSA) is 52.6 Å². The van der Waals surface area contributed by atoms with Crippen molar-refractivity contribution in [3.05, 3.63) is 53.1 Å². The molecular formula is C14H13ClO4S. The van der Waals surface area contributed by atoms with Crippen molar-refractivity contribution < 1.29 is 17.3 Å². The van der Waals surface area contributed by atoms with E-state index < -0.39 is 10.1 Å². The number of benzene rings is 2. The zero-order valence-corrected chi connectivity index (χ0v) is 12.5. The van der Waals surface area contributed by atoms with Crippen LogP contribution in [0.5, 0.6) is 11.5 Å². The number of rotatable bonds is 4. The fourth-order valence-electron chi connectivity index (χ4n) is 1.67. The lowest BCUT2D eigenvalue weighted by Gasteiger charge is -2.11. The summed E-state index contributed by atoms with van der Waals surface area (Å²) >= 11 is 5.89. The molecule has 0 atom stereocenters. The summed E-state index contributed by atoms with van der Waals surface area (Å²) in [6, 6.07) is 10.9. The quantitative estimate of drug-likeness (QED) is 0.812. The van der Waals surface area contributed by atoms with Crippen molar-refractivity contribution >= 4 is 21.7 Å². The molecule has 106 valence electrons. The van der Waals surface area contributed by atoms with Crippen LogP contribution in [0.3, 0.4) is 0 Å². The summed E-state index contributed by atoms with van der Waals surface area (Å²) in [6.45, 7) is 1.77. The largest absolute Gasteiger partial charge is 0.495 e. The van der Waals surface area contributed by atoms with Crippen LogP contribution in [-0.4, -0.2) is 15.5 Å². The fraction of sp³-hybridized carbons (Fsp3) is 0.143. The predicted octanol–water partition coefficient (Wildman–Crippen LogP) is 3.42. The number of para-hydroxylation sites is 1. The lowest BCUT2D eigenvalue weighted by atomic mass is 10.2. The van der Waals surface area contributed by atoms with E-state index in [4.69, 9.17) is 20.5 Å². The molecule has 2 rings (SSSR count). The van der Waals surface area contributed by atoms with Crippen LogP contribution in [0.4, 0.5) is 0 Å². The summed E-state index contributed by atoms with van der Waals surface area (Å²) in [5.41, 5.74) is 0.736. The van der Waals surface area contributed by atoms with E-state index in [2.05, 4.69) is 0 Å². The molecule has 0 aromatic heterocycles. The molecule has 0 saturated heterocycles. The summed E-state index contributed by atoms with van der Waals surface area (Å²) in [7, 11) is -2.55. The number of ether oxygens (including phenoxy) is 1. The van der Waals surface area contributed by atoms with Gasteiger partial charge < -0.3 is 8.92 Å². The zero-order chi connectivity index (χ0) is 14.8. The number of aryl methyl sites for hydroxylation is 1. The third-order valence-electron chi connectivity index (χ3n) is 2.67. The third-order valence-corrected chi connectivity index (χ3v) is 4.39. The molecule has 4 nitrogen and oxygen atoms in total. The third kappa shape index (κ3) is 3.05. The van der Waals surface area contributed by atoms with Crippen molar-refractivity contribution in [2.75, 3.05) is 7.11 Å². The van der Waals surface area contributed by atoms with Crippen LogP contribution < -0.4 is 8.92 Å². The van der Waals surface area contributed by atoms with Gasteiger partial charge in [0, 0.05) is 5.02 Å². The average Bonchev–Trinajstić information content (AvgIpc) is 2.42. The number of hydrogen-bond acceptors (Lipinski definition) is 4. The molecule has 2 aromatic carbocycles. The molecule has 0 radical (unpaired) electrons. The minimum Gasteiger partial charge on any atom is -0.495 e. The molecule has 6 heteroatoms. The van der Waals surface area contributed by atoms with Crippen LogP contribution >= 0.6 is 11.6 Å². The minimum atomic E-state index is -3.95. The van der Waals surface area contributed by atoms with E-state index in [0.717, 1.165) is 5.56 Å². The maximum Gasteiger partial charge on any atom is 0.342 e. The highest BCUT2D eigenvalue weighted by Crippen LogP contribution is 2.28. The highest BCUT2D eigenvalue weighted by Gasteiger charge is 2.21. The Bertz CT molecular complexity index is 726. The van der Waals surface area contributed by atoms with E-state index in [-0.39, 0.29) is 16.4 Å². The fourth-order valence-corrected chi connectivity index (χ4v) is 2.87. The summed E-state index contributed by atoms with van der Waals surface area (Å²) in [6.07, 6.45) is 0. The standard InChI is InChI=1S/C14H13ClO4S/c1-10-9-11(7-8-12(10)15)19-20(16,17)14-6-4-3-5-13(14)18-2/h3-9H,1-2H3. The van der Waals surface area contributed by atoms with Crippen molar-refractivity contribution in [1.82, 2.24) is 0 Å². The zero-order valence-electron chi connectivity index (χ0n) is 11.0. The lowest BCUT2D eigenvalue weighted by molar-refractivity contribution is 0.398. The molecule has 0 N–H and O–H groups in total. The van der Waals surface area contributed by atoms with Gasteiger partial charge in [0.2, 0.25) is 0 Å². The molecule has 20 heavy (non-hydrogen) atoms. The molecule has 0 bridgehead atoms. The van der Waals surface area contributed by atoms with Gasteiger partial charge in [0.05, 0.1) is 7.11 Å². The van der Waals surface area contributed by atoms with E-state index in [1.165, 1.54) is 19.2 Å². The second kappa shape index (κ2) is 5.73. The van der Waals surface area contributed by atoms with Gasteiger partial charge in [0.1, 0.15) is 16.4 Å². The van der Waals surface area contributed by atoms with Crippen molar-refractivity contribution in [2.45, 2.75) is 11.8 Å². The molecule has 0 heterocycles. The van der Waals surface area contributed by atoms with Gasteiger partial charge in [-0.2, -0.15) is 8.42 Å². The maximum atomic E-state index is 12.2. The maximum absolute atomic E-state index is 12.2. The summed E-state index contributed by atoms with van der Waals surface area (Å²) in [5, 5.41) is 0.548. The Morgan fingerprint density at radius 2 is 1.80 bits per heavy atom. The number of methoxy groups -OCH3 is 1. The van der Waals surface area contributed by atoms with E-state index in [9.17, 15) is 8.42 Å². The van der Waals surface area contributed by atoms with Gasteiger partial charge in [-0.15, -0.1) is 0 Å². The molecular weight excluding hydrogens is 300 g/mol. The van der Waals surface area contributed by atoms with Gasteiger partial charge in [-0.1, -0.05) is 23.7 Å². The Morgan fingerprint density at radius 3 is 2.45 bits per heavy atom. The molecule has 0 aliphatic heterocycles. The first kappa shape index (κ1) is 14.7. The molecule has 0 saturated carbocycles. The van der Waals surface area contributed by atoms with Crippen molar-refractivity contribution in [2.24, 2.45) is 0 Å². The van der Waals surface area contributed by atoms with Crippen molar-refractivity contribution in [1.29, 1.82) is 0 Å². The second-order valence-electron chi connectivity index (χ2n) is 4.10. The number of hydrogen-bond donors (Lipinski definition) is 0. The molecule has 0 amide bonds. The molecule has 2 aromatic rings. The normalized spacial score (nSPS) is 11.2. The van der Waals surface area contributed by atoms with E-state index in [1.54, 1.807) is 37.3 Å². The summed E-state index contributed by atoms with van der Waals surface area (Å²) in [5.74, 6) is 0.441. The first-order valence-electron chi connectivity index (χ1n) is 5.77. The highest BCUT2D eigenvalue weighted by atomic mass is 35.5. The van der Waals surface area contributed by atoms with Gasteiger partial charge in [-0.05, 0) is 42.8 Å². The highest BCUT2D eigenvalue weighted by molar-refractivity contribution is 7.87. The average molecular weight is 313 g/mol. The molecule has 0 aliphatic rings. The lowest BCUT2D eigenvalue weighted by Crippen LogP contribution is -2.11. The van der Waals surface area contributed by atoms with Gasteiger partial charge in [0.15, 0.2) is 0 Å². The van der Waals surface area contributed by atoms with Crippen LogP contribution in [0.25, 0.3) is 0 Å². The Kier molecular flexibility index (Phi) is 4.20. The van der Waals surface area contributed by atoms with Crippen LogP contribution in [-0.2, 0) is 10.1 Å². The van der Waals surface area contributed by atoms with Crippen LogP contribution in [0.15, 0.2) is 47.4 Å². The molecule has 0 unspecified atom stereocenters. The van der Waals surface area contributed by atoms with E-state index in [1.807, 2.05) is 0 Å². The Morgan fingerprint density at radius 1 is 1.10 bits per heavy atom. The van der Waals surface area contributed by atoms with Gasteiger partial charge in [-0.25, -0.2) is 0 Å². The Hall–Kier alpha value is -1.72. The first-order valence-corrected chi connectivity index (χ1v) is 7.56. The van der Waals surface area contributed by atoms with Crippen LogP contribution in [0.1, 0.15) is 5.56 Å². The van der Waals surface area contributed by atoms with E-state index in [0.29, 0.717) is 5.02 Å². The van der Waals surface area contributed by atoms with Crippen molar-refractivity contribution in [3.63, 3.8) is 0 Å². The van der Waals surface area contributed by atoms with Crippen LogP contribution in [0.2, 0.25) is 5.02 Å². The minimum absolute atomic E-state index is 0.0184.